The molecule has 0 radical (unpaired) electrons. The lowest BCUT2D eigenvalue weighted by molar-refractivity contribution is 0.0988. The van der Waals surface area contributed by atoms with E-state index in [1.807, 2.05) is 37.3 Å². The number of rotatable bonds is 3. The van der Waals surface area contributed by atoms with E-state index in [1.165, 1.54) is 12.1 Å². The van der Waals surface area contributed by atoms with Crippen molar-refractivity contribution in [2.24, 2.45) is 0 Å². The molecular weight excluding hydrogens is 401 g/mol. The van der Waals surface area contributed by atoms with Gasteiger partial charge in [-0.25, -0.2) is 4.39 Å². The van der Waals surface area contributed by atoms with Gasteiger partial charge in [-0.2, -0.15) is 5.10 Å². The summed E-state index contributed by atoms with van der Waals surface area (Å²) in [5, 5.41) is 7.93. The molecule has 1 aliphatic rings. The number of hydrogen-bond donors (Lipinski definition) is 1. The zero-order valence-corrected chi connectivity index (χ0v) is 16.8. The molecule has 1 N–H and O–H groups in total. The molecule has 0 spiro atoms. The molecule has 0 saturated carbocycles. The van der Waals surface area contributed by atoms with Crippen LogP contribution < -0.4 is 4.90 Å². The Balaban J connectivity index is 1.72. The maximum Gasteiger partial charge on any atom is 0.277 e. The molecule has 1 aliphatic heterocycles. The highest BCUT2D eigenvalue weighted by atomic mass is 35.5. The summed E-state index contributed by atoms with van der Waals surface area (Å²) < 4.78 is 14.1. The van der Waals surface area contributed by atoms with Gasteiger partial charge in [0, 0.05) is 21.8 Å². The van der Waals surface area contributed by atoms with E-state index >= 15 is 0 Å². The number of aromatic amines is 1. The summed E-state index contributed by atoms with van der Waals surface area (Å²) in [5.41, 5.74) is 5.21. The van der Waals surface area contributed by atoms with Crippen molar-refractivity contribution in [2.75, 3.05) is 4.90 Å². The Morgan fingerprint density at radius 2 is 1.77 bits per heavy atom. The topological polar surface area (TPSA) is 49.0 Å². The van der Waals surface area contributed by atoms with Crippen LogP contribution in [0, 0.1) is 12.7 Å². The van der Waals surface area contributed by atoms with Crippen LogP contribution in [0.5, 0.6) is 0 Å². The lowest BCUT2D eigenvalue weighted by atomic mass is 9.95. The lowest BCUT2D eigenvalue weighted by Crippen LogP contribution is -2.29. The first-order chi connectivity index (χ1) is 14.5. The maximum absolute atomic E-state index is 14.1. The molecule has 0 unspecified atom stereocenters. The number of carbonyl (C=O) groups is 1. The van der Waals surface area contributed by atoms with Crippen molar-refractivity contribution < 1.29 is 9.18 Å². The van der Waals surface area contributed by atoms with Crippen LogP contribution in [-0.4, -0.2) is 16.1 Å². The van der Waals surface area contributed by atoms with Gasteiger partial charge in [0.1, 0.15) is 11.5 Å². The molecule has 5 rings (SSSR count). The predicted molar refractivity (Wildman–Crippen MR) is 115 cm³/mol. The van der Waals surface area contributed by atoms with E-state index in [0.717, 1.165) is 16.7 Å². The van der Waals surface area contributed by atoms with Gasteiger partial charge < -0.3 is 0 Å². The van der Waals surface area contributed by atoms with Crippen molar-refractivity contribution in [3.8, 4) is 11.3 Å². The van der Waals surface area contributed by atoms with E-state index in [1.54, 1.807) is 35.2 Å². The van der Waals surface area contributed by atoms with E-state index < -0.39 is 6.04 Å². The van der Waals surface area contributed by atoms with Crippen LogP contribution in [0.3, 0.4) is 0 Å². The minimum atomic E-state index is -0.514. The van der Waals surface area contributed by atoms with Crippen LogP contribution in [0.25, 0.3) is 11.3 Å². The first-order valence-corrected chi connectivity index (χ1v) is 9.90. The number of aromatic nitrogens is 2. The zero-order chi connectivity index (χ0) is 20.8. The van der Waals surface area contributed by atoms with Gasteiger partial charge in [-0.3, -0.25) is 14.8 Å². The van der Waals surface area contributed by atoms with E-state index in [9.17, 15) is 9.18 Å². The second-order valence-corrected chi connectivity index (χ2v) is 7.77. The minimum Gasteiger partial charge on any atom is -0.295 e. The van der Waals surface area contributed by atoms with E-state index in [2.05, 4.69) is 10.2 Å². The average Bonchev–Trinajstić information content (AvgIpc) is 3.28. The SMILES string of the molecule is Cc1ccc(-c2n[nH]c3c2[C@H](c2cccc(F)c2)N(c2ccc(Cl)cc2)C3=O)cc1. The molecule has 0 saturated heterocycles. The minimum absolute atomic E-state index is 0.215. The van der Waals surface area contributed by atoms with Crippen molar-refractivity contribution in [1.29, 1.82) is 0 Å². The predicted octanol–water partition coefficient (Wildman–Crippen LogP) is 5.93. The summed E-state index contributed by atoms with van der Waals surface area (Å²) in [7, 11) is 0. The number of nitrogens with zero attached hydrogens (tertiary/aromatic N) is 2. The van der Waals surface area contributed by atoms with Crippen molar-refractivity contribution >= 4 is 23.2 Å². The summed E-state index contributed by atoms with van der Waals surface area (Å²) in [6.07, 6.45) is 0. The van der Waals surface area contributed by atoms with Crippen molar-refractivity contribution in [2.45, 2.75) is 13.0 Å². The third kappa shape index (κ3) is 2.99. The second kappa shape index (κ2) is 7.11. The highest BCUT2D eigenvalue weighted by Gasteiger charge is 2.43. The highest BCUT2D eigenvalue weighted by molar-refractivity contribution is 6.30. The van der Waals surface area contributed by atoms with Gasteiger partial charge in [0.25, 0.3) is 5.91 Å². The summed E-state index contributed by atoms with van der Waals surface area (Å²) in [5.74, 6) is -0.572. The van der Waals surface area contributed by atoms with Crippen LogP contribution in [0.1, 0.15) is 33.2 Å². The lowest BCUT2D eigenvalue weighted by Gasteiger charge is -2.26. The quantitative estimate of drug-likeness (QED) is 0.449. The molecule has 0 fully saturated rings. The van der Waals surface area contributed by atoms with Crippen LogP contribution in [0.4, 0.5) is 10.1 Å². The number of nitrogens with one attached hydrogen (secondary N) is 1. The van der Waals surface area contributed by atoms with E-state index in [0.29, 0.717) is 27.7 Å². The Morgan fingerprint density at radius 3 is 2.47 bits per heavy atom. The maximum atomic E-state index is 14.1. The van der Waals surface area contributed by atoms with Crippen LogP contribution in [-0.2, 0) is 0 Å². The smallest absolute Gasteiger partial charge is 0.277 e. The fraction of sp³-hybridized carbons (Fsp3) is 0.0833. The second-order valence-electron chi connectivity index (χ2n) is 7.34. The Bertz CT molecular complexity index is 1250. The molecule has 4 aromatic rings. The largest absolute Gasteiger partial charge is 0.295 e. The Morgan fingerprint density at radius 1 is 1.03 bits per heavy atom. The van der Waals surface area contributed by atoms with Crippen LogP contribution in [0.2, 0.25) is 5.02 Å². The fourth-order valence-electron chi connectivity index (χ4n) is 3.94. The fourth-order valence-corrected chi connectivity index (χ4v) is 4.06. The number of anilines is 1. The monoisotopic (exact) mass is 417 g/mol. The third-order valence-corrected chi connectivity index (χ3v) is 5.61. The summed E-state index contributed by atoms with van der Waals surface area (Å²) >= 11 is 6.05. The van der Waals surface area contributed by atoms with Crippen molar-refractivity contribution in [3.05, 3.63) is 106 Å². The average molecular weight is 418 g/mol. The van der Waals surface area contributed by atoms with Crippen molar-refractivity contribution in [1.82, 2.24) is 10.2 Å². The molecule has 3 aromatic carbocycles. The van der Waals surface area contributed by atoms with Crippen LogP contribution in [0.15, 0.2) is 72.8 Å². The van der Waals surface area contributed by atoms with Gasteiger partial charge in [-0.15, -0.1) is 0 Å². The highest BCUT2D eigenvalue weighted by Crippen LogP contribution is 2.45. The van der Waals surface area contributed by atoms with E-state index in [4.69, 9.17) is 11.6 Å². The molecule has 1 aromatic heterocycles. The summed E-state index contributed by atoms with van der Waals surface area (Å²) in [6, 6.07) is 20.8. The number of H-pyrrole nitrogens is 1. The molecule has 148 valence electrons. The number of benzene rings is 3. The molecule has 0 bridgehead atoms. The van der Waals surface area contributed by atoms with Gasteiger partial charge in [0.15, 0.2) is 0 Å². The Hall–Kier alpha value is -3.44. The van der Waals surface area contributed by atoms with Gasteiger partial charge >= 0.3 is 0 Å². The molecular formula is C24H17ClFN3O. The number of amides is 1. The Labute approximate surface area is 177 Å². The molecule has 30 heavy (non-hydrogen) atoms. The molecule has 1 amide bonds. The standard InChI is InChI=1S/C24H17ClFN3O/c1-14-5-7-15(8-6-14)21-20-22(28-27-21)24(30)29(19-11-9-17(25)10-12-19)23(20)16-3-2-4-18(26)13-16/h2-13,23H,1H3,(H,27,28)/t23-/m0/s1. The number of carbonyl (C=O) groups excluding carboxylic acids is 1. The van der Waals surface area contributed by atoms with Gasteiger partial charge in [-0.1, -0.05) is 53.6 Å². The van der Waals surface area contributed by atoms with Gasteiger partial charge in [-0.05, 0) is 48.9 Å². The normalized spacial score (nSPS) is 15.5. The molecule has 2 heterocycles. The first kappa shape index (κ1) is 18.6. The number of fused-ring (bicyclic) bond motifs is 1. The van der Waals surface area contributed by atoms with Gasteiger partial charge in [0.2, 0.25) is 0 Å². The number of aryl methyl sites for hydroxylation is 1. The number of halogens is 2. The van der Waals surface area contributed by atoms with Gasteiger partial charge in [0.05, 0.1) is 11.7 Å². The summed E-state index contributed by atoms with van der Waals surface area (Å²) in [4.78, 5) is 15.0. The molecule has 0 aliphatic carbocycles. The van der Waals surface area contributed by atoms with E-state index in [-0.39, 0.29) is 11.7 Å². The Kier molecular flexibility index (Phi) is 4.40. The zero-order valence-electron chi connectivity index (χ0n) is 16.1. The molecule has 1 atom stereocenters. The summed E-state index contributed by atoms with van der Waals surface area (Å²) in [6.45, 7) is 2.01. The number of hydrogen-bond acceptors (Lipinski definition) is 2. The third-order valence-electron chi connectivity index (χ3n) is 5.36. The molecule has 4 nitrogen and oxygen atoms in total. The van der Waals surface area contributed by atoms with Crippen LogP contribution >= 0.6 is 11.6 Å². The van der Waals surface area contributed by atoms with Crippen molar-refractivity contribution in [3.63, 3.8) is 0 Å². The first-order valence-electron chi connectivity index (χ1n) is 9.53. The molecule has 6 heteroatoms.